The number of fused-ring (bicyclic) bond motifs is 1. The highest BCUT2D eigenvalue weighted by atomic mass is 15.2. The van der Waals surface area contributed by atoms with Gasteiger partial charge in [-0.1, -0.05) is 30.3 Å². The maximum absolute atomic E-state index is 4.90. The van der Waals surface area contributed by atoms with Gasteiger partial charge in [0.25, 0.3) is 0 Å². The molecule has 0 spiro atoms. The van der Waals surface area contributed by atoms with Crippen molar-refractivity contribution in [2.45, 2.75) is 25.4 Å². The number of pyridine rings is 3. The van der Waals surface area contributed by atoms with E-state index in [1.165, 1.54) is 17.4 Å². The lowest BCUT2D eigenvalue weighted by Gasteiger charge is -2.25. The van der Waals surface area contributed by atoms with Crippen molar-refractivity contribution in [3.63, 3.8) is 0 Å². The molecule has 5 nitrogen and oxygen atoms in total. The molecule has 0 bridgehead atoms. The first-order valence-electron chi connectivity index (χ1n) is 10.1. The first-order valence-corrected chi connectivity index (χ1v) is 10.1. The monoisotopic (exact) mass is 381 g/mol. The predicted octanol–water partition coefficient (Wildman–Crippen LogP) is 5.11. The molecule has 0 aliphatic carbocycles. The van der Waals surface area contributed by atoms with Crippen LogP contribution in [0.1, 0.15) is 30.1 Å². The number of anilines is 2. The fourth-order valence-corrected chi connectivity index (χ4v) is 4.15. The van der Waals surface area contributed by atoms with Crippen molar-refractivity contribution >= 4 is 22.5 Å². The molecule has 5 rings (SSSR count). The summed E-state index contributed by atoms with van der Waals surface area (Å²) in [7, 11) is 0. The van der Waals surface area contributed by atoms with Crippen LogP contribution in [0.5, 0.6) is 0 Å². The minimum atomic E-state index is 0.326. The van der Waals surface area contributed by atoms with Crippen LogP contribution in [0.15, 0.2) is 79.1 Å². The first kappa shape index (κ1) is 17.8. The summed E-state index contributed by atoms with van der Waals surface area (Å²) in [5.41, 5.74) is 3.49. The molecule has 0 saturated carbocycles. The number of benzene rings is 1. The summed E-state index contributed by atoms with van der Waals surface area (Å²) < 4.78 is 0. The third-order valence-electron chi connectivity index (χ3n) is 5.51. The van der Waals surface area contributed by atoms with E-state index in [9.17, 15) is 0 Å². The molecule has 1 saturated heterocycles. The van der Waals surface area contributed by atoms with Gasteiger partial charge in [0.2, 0.25) is 0 Å². The zero-order valence-electron chi connectivity index (χ0n) is 16.2. The van der Waals surface area contributed by atoms with Crippen LogP contribution < -0.4 is 5.32 Å². The van der Waals surface area contributed by atoms with Crippen LogP contribution in [0.4, 0.5) is 11.6 Å². The Bertz CT molecular complexity index is 1110. The molecule has 1 N–H and O–H groups in total. The number of hydrogen-bond acceptors (Lipinski definition) is 5. The maximum Gasteiger partial charge on any atom is 0.131 e. The van der Waals surface area contributed by atoms with E-state index in [0.29, 0.717) is 6.04 Å². The van der Waals surface area contributed by atoms with Crippen molar-refractivity contribution in [2.24, 2.45) is 0 Å². The largest absolute Gasteiger partial charge is 0.325 e. The van der Waals surface area contributed by atoms with Crippen LogP contribution in [0.25, 0.3) is 10.9 Å². The maximum atomic E-state index is 4.90. The van der Waals surface area contributed by atoms with Crippen LogP contribution in [0, 0.1) is 0 Å². The average Bonchev–Trinajstić information content (AvgIpc) is 3.23. The van der Waals surface area contributed by atoms with Crippen molar-refractivity contribution in [3.8, 4) is 0 Å². The zero-order chi connectivity index (χ0) is 19.5. The van der Waals surface area contributed by atoms with Crippen molar-refractivity contribution < 1.29 is 0 Å². The van der Waals surface area contributed by atoms with Gasteiger partial charge in [-0.15, -0.1) is 0 Å². The standard InChI is InChI=1S/C24H23N5/c1-2-14-26-23(12-1)28-24-13-4-10-21(27-24)22-11-6-16-29(22)17-18-7-3-9-20-19(18)8-5-15-25-20/h1-5,7-10,12-15,22H,6,11,16-17H2,(H,26,27,28)/t22-/m0/s1. The molecule has 1 aliphatic heterocycles. The second kappa shape index (κ2) is 7.97. The average molecular weight is 381 g/mol. The minimum absolute atomic E-state index is 0.326. The molecule has 0 amide bonds. The van der Waals surface area contributed by atoms with E-state index in [1.54, 1.807) is 6.20 Å². The van der Waals surface area contributed by atoms with E-state index in [0.717, 1.165) is 42.4 Å². The Labute approximate surface area is 170 Å². The number of nitrogens with one attached hydrogen (secondary N) is 1. The highest BCUT2D eigenvalue weighted by Gasteiger charge is 2.27. The number of nitrogens with zero attached hydrogens (tertiary/aromatic N) is 4. The summed E-state index contributed by atoms with van der Waals surface area (Å²) >= 11 is 0. The predicted molar refractivity (Wildman–Crippen MR) is 116 cm³/mol. The molecule has 4 heterocycles. The minimum Gasteiger partial charge on any atom is -0.325 e. The Morgan fingerprint density at radius 1 is 0.862 bits per heavy atom. The molecule has 4 aromatic rings. The van der Waals surface area contributed by atoms with E-state index >= 15 is 0 Å². The van der Waals surface area contributed by atoms with Crippen LogP contribution in [-0.4, -0.2) is 26.4 Å². The lowest BCUT2D eigenvalue weighted by molar-refractivity contribution is 0.245. The van der Waals surface area contributed by atoms with E-state index in [2.05, 4.69) is 56.6 Å². The van der Waals surface area contributed by atoms with Gasteiger partial charge >= 0.3 is 0 Å². The highest BCUT2D eigenvalue weighted by molar-refractivity contribution is 5.81. The normalized spacial score (nSPS) is 16.9. The van der Waals surface area contributed by atoms with Crippen molar-refractivity contribution in [1.29, 1.82) is 0 Å². The number of hydrogen-bond donors (Lipinski definition) is 1. The molecular formula is C24H23N5. The lowest BCUT2D eigenvalue weighted by Crippen LogP contribution is -2.23. The molecule has 29 heavy (non-hydrogen) atoms. The van der Waals surface area contributed by atoms with Crippen LogP contribution in [0.3, 0.4) is 0 Å². The van der Waals surface area contributed by atoms with Crippen LogP contribution in [0.2, 0.25) is 0 Å². The molecule has 1 aliphatic rings. The van der Waals surface area contributed by atoms with Gasteiger partial charge in [-0.25, -0.2) is 9.97 Å². The van der Waals surface area contributed by atoms with Gasteiger partial charge in [-0.3, -0.25) is 9.88 Å². The van der Waals surface area contributed by atoms with Gasteiger partial charge in [0, 0.05) is 24.3 Å². The second-order valence-corrected chi connectivity index (χ2v) is 7.40. The fraction of sp³-hybridized carbons (Fsp3) is 0.208. The van der Waals surface area contributed by atoms with Crippen molar-refractivity contribution in [3.05, 3.63) is 90.4 Å². The van der Waals surface area contributed by atoms with Crippen LogP contribution >= 0.6 is 0 Å². The van der Waals surface area contributed by atoms with E-state index in [4.69, 9.17) is 4.98 Å². The molecule has 1 aromatic carbocycles. The SMILES string of the molecule is c1ccc(Nc2cccc([C@@H]3CCCN3Cc3cccc4ncccc34)n2)nc1. The number of rotatable bonds is 5. The second-order valence-electron chi connectivity index (χ2n) is 7.40. The molecule has 1 atom stereocenters. The van der Waals surface area contributed by atoms with Gasteiger partial charge in [0.1, 0.15) is 11.6 Å². The Kier molecular flexibility index (Phi) is 4.88. The number of likely N-dealkylation sites (tertiary alicyclic amines) is 1. The number of aromatic nitrogens is 3. The van der Waals surface area contributed by atoms with Gasteiger partial charge < -0.3 is 5.32 Å². The molecule has 3 aromatic heterocycles. The van der Waals surface area contributed by atoms with Gasteiger partial charge in [0.05, 0.1) is 17.3 Å². The molecule has 0 unspecified atom stereocenters. The summed E-state index contributed by atoms with van der Waals surface area (Å²) in [6.07, 6.45) is 5.95. The molecular weight excluding hydrogens is 358 g/mol. The van der Waals surface area contributed by atoms with E-state index in [1.807, 2.05) is 36.5 Å². The summed E-state index contributed by atoms with van der Waals surface area (Å²) in [6.45, 7) is 1.99. The fourth-order valence-electron chi connectivity index (χ4n) is 4.15. The lowest BCUT2D eigenvalue weighted by atomic mass is 10.1. The smallest absolute Gasteiger partial charge is 0.131 e. The molecule has 1 fully saturated rings. The Morgan fingerprint density at radius 3 is 2.69 bits per heavy atom. The third-order valence-corrected chi connectivity index (χ3v) is 5.51. The van der Waals surface area contributed by atoms with Gasteiger partial charge in [-0.2, -0.15) is 0 Å². The molecule has 5 heteroatoms. The summed E-state index contributed by atoms with van der Waals surface area (Å²) in [6, 6.07) is 22.9. The summed E-state index contributed by atoms with van der Waals surface area (Å²) in [4.78, 5) is 16.3. The first-order chi connectivity index (χ1) is 14.4. The van der Waals surface area contributed by atoms with Gasteiger partial charge in [0.15, 0.2) is 0 Å². The van der Waals surface area contributed by atoms with Crippen molar-refractivity contribution in [1.82, 2.24) is 19.9 Å². The third kappa shape index (κ3) is 3.82. The van der Waals surface area contributed by atoms with E-state index < -0.39 is 0 Å². The molecule has 144 valence electrons. The Morgan fingerprint density at radius 2 is 1.76 bits per heavy atom. The zero-order valence-corrected chi connectivity index (χ0v) is 16.2. The van der Waals surface area contributed by atoms with E-state index in [-0.39, 0.29) is 0 Å². The van der Waals surface area contributed by atoms with Gasteiger partial charge in [-0.05, 0) is 61.3 Å². The Balaban J connectivity index is 1.39. The molecule has 0 radical (unpaired) electrons. The summed E-state index contributed by atoms with van der Waals surface area (Å²) in [5, 5.41) is 4.54. The van der Waals surface area contributed by atoms with Crippen molar-refractivity contribution in [2.75, 3.05) is 11.9 Å². The van der Waals surface area contributed by atoms with Crippen LogP contribution in [-0.2, 0) is 6.54 Å². The summed E-state index contributed by atoms with van der Waals surface area (Å²) in [5.74, 6) is 1.64. The quantitative estimate of drug-likeness (QED) is 0.521. The topological polar surface area (TPSA) is 53.9 Å². The highest BCUT2D eigenvalue weighted by Crippen LogP contribution is 2.33. The Hall–Kier alpha value is -3.31.